The molecule has 0 spiro atoms. The van der Waals surface area contributed by atoms with Gasteiger partial charge >= 0.3 is 0 Å². The lowest BCUT2D eigenvalue weighted by molar-refractivity contribution is -0.126. The van der Waals surface area contributed by atoms with Crippen LogP contribution < -0.4 is 10.6 Å². The maximum absolute atomic E-state index is 12.5. The SMILES string of the molecule is CON=CC(C(=O)Nc1ccccc1Cl)C(=O)Nc1ccccc1Cl. The van der Waals surface area contributed by atoms with Crippen molar-refractivity contribution in [2.24, 2.45) is 11.1 Å². The van der Waals surface area contributed by atoms with Crippen LogP contribution in [0, 0.1) is 5.92 Å². The molecule has 2 rings (SSSR count). The Hall–Kier alpha value is -2.57. The van der Waals surface area contributed by atoms with Crippen LogP contribution in [-0.4, -0.2) is 25.1 Å². The van der Waals surface area contributed by atoms with Crippen molar-refractivity contribution in [3.05, 3.63) is 58.6 Å². The molecule has 0 radical (unpaired) electrons. The summed E-state index contributed by atoms with van der Waals surface area (Å²) in [6.07, 6.45) is 1.10. The summed E-state index contributed by atoms with van der Waals surface area (Å²) in [6, 6.07) is 13.4. The van der Waals surface area contributed by atoms with Gasteiger partial charge in [0.25, 0.3) is 0 Å². The minimum Gasteiger partial charge on any atom is -0.399 e. The predicted octanol–water partition coefficient (Wildman–Crippen LogP) is 3.82. The Morgan fingerprint density at radius 1 is 0.960 bits per heavy atom. The van der Waals surface area contributed by atoms with E-state index >= 15 is 0 Å². The largest absolute Gasteiger partial charge is 0.399 e. The monoisotopic (exact) mass is 379 g/mol. The van der Waals surface area contributed by atoms with E-state index in [1.807, 2.05) is 0 Å². The van der Waals surface area contributed by atoms with Crippen molar-refractivity contribution in [1.82, 2.24) is 0 Å². The molecule has 0 fully saturated rings. The van der Waals surface area contributed by atoms with E-state index in [0.717, 1.165) is 6.21 Å². The predicted molar refractivity (Wildman–Crippen MR) is 99.2 cm³/mol. The number of halogens is 2. The number of oxime groups is 1. The zero-order valence-corrected chi connectivity index (χ0v) is 14.7. The van der Waals surface area contributed by atoms with E-state index in [2.05, 4.69) is 20.6 Å². The molecular weight excluding hydrogens is 365 g/mol. The second-order valence-corrected chi connectivity index (χ2v) is 5.67. The second kappa shape index (κ2) is 9.05. The van der Waals surface area contributed by atoms with Crippen molar-refractivity contribution in [2.75, 3.05) is 17.7 Å². The van der Waals surface area contributed by atoms with Crippen LogP contribution in [0.1, 0.15) is 0 Å². The third-order valence-corrected chi connectivity index (χ3v) is 3.80. The summed E-state index contributed by atoms with van der Waals surface area (Å²) in [7, 11) is 1.31. The van der Waals surface area contributed by atoms with Crippen molar-refractivity contribution in [1.29, 1.82) is 0 Å². The van der Waals surface area contributed by atoms with Gasteiger partial charge in [0.1, 0.15) is 7.11 Å². The molecule has 8 heteroatoms. The van der Waals surface area contributed by atoms with Crippen LogP contribution in [0.15, 0.2) is 53.7 Å². The number of nitrogens with one attached hydrogen (secondary N) is 2. The number of hydrogen-bond donors (Lipinski definition) is 2. The number of benzene rings is 2. The van der Waals surface area contributed by atoms with Gasteiger partial charge < -0.3 is 15.5 Å². The number of carbonyl (C=O) groups excluding carboxylic acids is 2. The molecule has 25 heavy (non-hydrogen) atoms. The van der Waals surface area contributed by atoms with Crippen LogP contribution in [0.5, 0.6) is 0 Å². The molecule has 2 aromatic carbocycles. The van der Waals surface area contributed by atoms with Crippen LogP contribution in [0.25, 0.3) is 0 Å². The normalized spacial score (nSPS) is 10.7. The Balaban J connectivity index is 2.18. The Labute approximate surface area is 154 Å². The molecule has 0 atom stereocenters. The lowest BCUT2D eigenvalue weighted by atomic mass is 10.1. The molecule has 130 valence electrons. The Morgan fingerprint density at radius 2 is 1.40 bits per heavy atom. The van der Waals surface area contributed by atoms with Gasteiger partial charge in [0, 0.05) is 0 Å². The first-order valence-electron chi connectivity index (χ1n) is 7.20. The Bertz CT molecular complexity index is 737. The molecule has 6 nitrogen and oxygen atoms in total. The molecule has 2 amide bonds. The van der Waals surface area contributed by atoms with Crippen molar-refractivity contribution in [3.8, 4) is 0 Å². The van der Waals surface area contributed by atoms with Crippen molar-refractivity contribution in [3.63, 3.8) is 0 Å². The second-order valence-electron chi connectivity index (χ2n) is 4.85. The maximum Gasteiger partial charge on any atom is 0.242 e. The molecule has 2 N–H and O–H groups in total. The third kappa shape index (κ3) is 5.20. The van der Waals surface area contributed by atoms with Crippen LogP contribution in [0.3, 0.4) is 0 Å². The number of nitrogens with zero attached hydrogens (tertiary/aromatic N) is 1. The quantitative estimate of drug-likeness (QED) is 0.454. The molecule has 0 aromatic heterocycles. The molecule has 0 saturated heterocycles. The van der Waals surface area contributed by atoms with Gasteiger partial charge in [-0.15, -0.1) is 0 Å². The van der Waals surface area contributed by atoms with Gasteiger partial charge in [-0.2, -0.15) is 0 Å². The molecule has 0 aliphatic rings. The highest BCUT2D eigenvalue weighted by atomic mass is 35.5. The first-order valence-corrected chi connectivity index (χ1v) is 7.96. The number of rotatable bonds is 6. The number of para-hydroxylation sites is 2. The molecule has 0 saturated carbocycles. The van der Waals surface area contributed by atoms with Crippen molar-refractivity contribution >= 4 is 52.6 Å². The number of amides is 2. The lowest BCUT2D eigenvalue weighted by Crippen LogP contribution is -2.35. The van der Waals surface area contributed by atoms with Crippen molar-refractivity contribution < 1.29 is 14.4 Å². The maximum atomic E-state index is 12.5. The summed E-state index contributed by atoms with van der Waals surface area (Å²) in [4.78, 5) is 29.5. The van der Waals surface area contributed by atoms with Crippen LogP contribution in [0.4, 0.5) is 11.4 Å². The Kier molecular flexibility index (Phi) is 6.80. The van der Waals surface area contributed by atoms with E-state index in [4.69, 9.17) is 23.2 Å². The molecule has 2 aromatic rings. The van der Waals surface area contributed by atoms with E-state index in [1.54, 1.807) is 48.5 Å². The lowest BCUT2D eigenvalue weighted by Gasteiger charge is -2.14. The van der Waals surface area contributed by atoms with E-state index in [1.165, 1.54) is 7.11 Å². The fourth-order valence-corrected chi connectivity index (χ4v) is 2.29. The molecular formula is C17H15Cl2N3O3. The van der Waals surface area contributed by atoms with Crippen LogP contribution >= 0.6 is 23.2 Å². The summed E-state index contributed by atoms with van der Waals surface area (Å²) in [6.45, 7) is 0. The minimum atomic E-state index is -1.24. The van der Waals surface area contributed by atoms with E-state index in [-0.39, 0.29) is 0 Å². The van der Waals surface area contributed by atoms with Gasteiger partial charge in [-0.05, 0) is 24.3 Å². The fourth-order valence-electron chi connectivity index (χ4n) is 1.92. The highest BCUT2D eigenvalue weighted by Crippen LogP contribution is 2.23. The smallest absolute Gasteiger partial charge is 0.242 e. The summed E-state index contributed by atoms with van der Waals surface area (Å²) in [5, 5.41) is 9.41. The van der Waals surface area contributed by atoms with E-state index in [0.29, 0.717) is 21.4 Å². The minimum absolute atomic E-state index is 0.352. The number of carbonyl (C=O) groups is 2. The topological polar surface area (TPSA) is 79.8 Å². The number of anilines is 2. The van der Waals surface area contributed by atoms with Gasteiger partial charge in [0.2, 0.25) is 11.8 Å². The molecule has 0 bridgehead atoms. The fraction of sp³-hybridized carbons (Fsp3) is 0.118. The summed E-state index contributed by atoms with van der Waals surface area (Å²) >= 11 is 12.0. The van der Waals surface area contributed by atoms with Crippen LogP contribution in [-0.2, 0) is 14.4 Å². The van der Waals surface area contributed by atoms with Gasteiger partial charge in [0.15, 0.2) is 5.92 Å². The van der Waals surface area contributed by atoms with Gasteiger partial charge in [-0.1, -0.05) is 52.6 Å². The van der Waals surface area contributed by atoms with Crippen LogP contribution in [0.2, 0.25) is 10.0 Å². The first kappa shape index (κ1) is 18.8. The zero-order chi connectivity index (χ0) is 18.2. The average Bonchev–Trinajstić information content (AvgIpc) is 2.59. The highest BCUT2D eigenvalue weighted by Gasteiger charge is 2.26. The Morgan fingerprint density at radius 3 is 1.80 bits per heavy atom. The van der Waals surface area contributed by atoms with Gasteiger partial charge in [0.05, 0.1) is 27.6 Å². The molecule has 0 unspecified atom stereocenters. The summed E-state index contributed by atoms with van der Waals surface area (Å²) < 4.78 is 0. The standard InChI is InChI=1S/C17H15Cl2N3O3/c1-25-20-10-11(16(23)21-14-8-4-2-6-12(14)18)17(24)22-15-9-5-3-7-13(15)19/h2-11H,1H3,(H,21,23)(H,22,24). The van der Waals surface area contributed by atoms with Gasteiger partial charge in [-0.25, -0.2) is 0 Å². The third-order valence-electron chi connectivity index (χ3n) is 3.14. The zero-order valence-electron chi connectivity index (χ0n) is 13.2. The number of hydrogen-bond acceptors (Lipinski definition) is 4. The summed E-state index contributed by atoms with van der Waals surface area (Å²) in [5.41, 5.74) is 0.769. The summed E-state index contributed by atoms with van der Waals surface area (Å²) in [5.74, 6) is -2.47. The molecule has 0 aliphatic heterocycles. The van der Waals surface area contributed by atoms with Gasteiger partial charge in [-0.3, -0.25) is 9.59 Å². The first-order chi connectivity index (χ1) is 12.0. The van der Waals surface area contributed by atoms with E-state index < -0.39 is 17.7 Å². The average molecular weight is 380 g/mol. The molecule has 0 heterocycles. The molecule has 0 aliphatic carbocycles. The van der Waals surface area contributed by atoms with E-state index in [9.17, 15) is 9.59 Å². The van der Waals surface area contributed by atoms with Crippen molar-refractivity contribution in [2.45, 2.75) is 0 Å². The highest BCUT2D eigenvalue weighted by molar-refractivity contribution is 6.35.